The number of rotatable bonds is 2. The van der Waals surface area contributed by atoms with Gasteiger partial charge in [-0.15, -0.1) is 11.8 Å². The van der Waals surface area contributed by atoms with Gasteiger partial charge in [0.25, 0.3) is 5.91 Å². The van der Waals surface area contributed by atoms with Crippen LogP contribution in [0.25, 0.3) is 0 Å². The molecule has 1 saturated heterocycles. The maximum Gasteiger partial charge on any atom is 0.327 e. The molecule has 1 aliphatic heterocycles. The van der Waals surface area contributed by atoms with E-state index in [0.717, 1.165) is 17.0 Å². The summed E-state index contributed by atoms with van der Waals surface area (Å²) < 4.78 is 13.5. The van der Waals surface area contributed by atoms with Crippen LogP contribution in [0.5, 0.6) is 5.75 Å². The molecule has 2 N–H and O–H groups in total. The predicted molar refractivity (Wildman–Crippen MR) is 63.0 cm³/mol. The largest absolute Gasteiger partial charge is 0.508 e. The highest BCUT2D eigenvalue weighted by Crippen LogP contribution is 2.25. The standard InChI is InChI=1S/C11H10FNO4S/c12-8-3-6(14)1-2-7(8)10(15)13-5-18-4-9(13)11(16)17/h1-3,9,14H,4-5H2,(H,16,17). The van der Waals surface area contributed by atoms with Crippen molar-refractivity contribution < 1.29 is 24.2 Å². The molecule has 0 aliphatic carbocycles. The fraction of sp³-hybridized carbons (Fsp3) is 0.273. The summed E-state index contributed by atoms with van der Waals surface area (Å²) in [5.41, 5.74) is -0.235. The van der Waals surface area contributed by atoms with Gasteiger partial charge >= 0.3 is 5.97 Å². The van der Waals surface area contributed by atoms with E-state index in [1.807, 2.05) is 0 Å². The van der Waals surface area contributed by atoms with E-state index < -0.39 is 23.7 Å². The van der Waals surface area contributed by atoms with Gasteiger partial charge in [-0.2, -0.15) is 0 Å². The zero-order chi connectivity index (χ0) is 13.3. The highest BCUT2D eigenvalue weighted by Gasteiger charge is 2.35. The van der Waals surface area contributed by atoms with E-state index in [0.29, 0.717) is 5.75 Å². The Morgan fingerprint density at radius 3 is 2.78 bits per heavy atom. The first kappa shape index (κ1) is 12.7. The van der Waals surface area contributed by atoms with E-state index in [9.17, 15) is 14.0 Å². The molecule has 1 amide bonds. The summed E-state index contributed by atoms with van der Waals surface area (Å²) >= 11 is 1.30. The van der Waals surface area contributed by atoms with E-state index >= 15 is 0 Å². The fourth-order valence-corrected chi connectivity index (χ4v) is 2.82. The minimum atomic E-state index is -1.10. The van der Waals surface area contributed by atoms with Crippen molar-refractivity contribution in [2.24, 2.45) is 0 Å². The molecule has 96 valence electrons. The average molecular weight is 271 g/mol. The fourth-order valence-electron chi connectivity index (χ4n) is 1.68. The smallest absolute Gasteiger partial charge is 0.327 e. The summed E-state index contributed by atoms with van der Waals surface area (Å²) in [6.45, 7) is 0. The number of amides is 1. The lowest BCUT2D eigenvalue weighted by Gasteiger charge is -2.20. The number of hydrogen-bond donors (Lipinski definition) is 2. The third-order valence-corrected chi connectivity index (χ3v) is 3.62. The first-order valence-electron chi connectivity index (χ1n) is 5.10. The molecule has 1 aromatic rings. The summed E-state index contributed by atoms with van der Waals surface area (Å²) in [4.78, 5) is 24.1. The van der Waals surface area contributed by atoms with Crippen LogP contribution in [0.15, 0.2) is 18.2 Å². The molecule has 5 nitrogen and oxygen atoms in total. The molecule has 18 heavy (non-hydrogen) atoms. The number of thioether (sulfide) groups is 1. The molecule has 0 aromatic heterocycles. The van der Waals surface area contributed by atoms with Crippen molar-refractivity contribution in [3.05, 3.63) is 29.6 Å². The third-order valence-electron chi connectivity index (χ3n) is 2.61. The molecule has 1 atom stereocenters. The van der Waals surface area contributed by atoms with Gasteiger partial charge in [-0.25, -0.2) is 9.18 Å². The summed E-state index contributed by atoms with van der Waals surface area (Å²) in [7, 11) is 0. The van der Waals surface area contributed by atoms with Crippen LogP contribution in [0, 0.1) is 5.82 Å². The second kappa shape index (κ2) is 4.85. The zero-order valence-corrected chi connectivity index (χ0v) is 9.98. The maximum absolute atomic E-state index is 13.5. The number of halogens is 1. The Morgan fingerprint density at radius 2 is 2.17 bits per heavy atom. The molecule has 2 rings (SSSR count). The number of phenolic OH excluding ortho intramolecular Hbond substituents is 1. The number of hydrogen-bond acceptors (Lipinski definition) is 4. The Hall–Kier alpha value is -1.76. The molecule has 0 spiro atoms. The van der Waals surface area contributed by atoms with Crippen molar-refractivity contribution in [2.45, 2.75) is 6.04 Å². The Morgan fingerprint density at radius 1 is 1.44 bits per heavy atom. The molecule has 0 bridgehead atoms. The second-order valence-electron chi connectivity index (χ2n) is 3.79. The zero-order valence-electron chi connectivity index (χ0n) is 9.17. The molecule has 0 saturated carbocycles. The lowest BCUT2D eigenvalue weighted by Crippen LogP contribution is -2.42. The van der Waals surface area contributed by atoms with Gasteiger partial charge in [0, 0.05) is 11.8 Å². The second-order valence-corrected chi connectivity index (χ2v) is 4.79. The van der Waals surface area contributed by atoms with Gasteiger partial charge in [-0.3, -0.25) is 4.79 Å². The van der Waals surface area contributed by atoms with Crippen molar-refractivity contribution in [1.82, 2.24) is 4.90 Å². The normalized spacial score (nSPS) is 18.9. The number of carbonyl (C=O) groups excluding carboxylic acids is 1. The quantitative estimate of drug-likeness (QED) is 0.843. The van der Waals surface area contributed by atoms with Crippen molar-refractivity contribution in [2.75, 3.05) is 11.6 Å². The van der Waals surface area contributed by atoms with Crippen molar-refractivity contribution >= 4 is 23.6 Å². The molecule has 1 aliphatic rings. The first-order chi connectivity index (χ1) is 8.50. The van der Waals surface area contributed by atoms with Crippen molar-refractivity contribution in [3.63, 3.8) is 0 Å². The molecule has 1 unspecified atom stereocenters. The molecule has 1 aromatic carbocycles. The summed E-state index contributed by atoms with van der Waals surface area (Å²) in [6.07, 6.45) is 0. The predicted octanol–water partition coefficient (Wildman–Crippen LogP) is 1.13. The number of benzene rings is 1. The maximum atomic E-state index is 13.5. The molecule has 1 heterocycles. The Balaban J connectivity index is 2.28. The van der Waals surface area contributed by atoms with Gasteiger partial charge in [-0.05, 0) is 12.1 Å². The van der Waals surface area contributed by atoms with E-state index in [-0.39, 0.29) is 17.2 Å². The van der Waals surface area contributed by atoms with Crippen LogP contribution in [-0.4, -0.2) is 44.7 Å². The molecule has 7 heteroatoms. The minimum Gasteiger partial charge on any atom is -0.508 e. The third kappa shape index (κ3) is 2.26. The van der Waals surface area contributed by atoms with Gasteiger partial charge in [0.1, 0.15) is 17.6 Å². The van der Waals surface area contributed by atoms with E-state index in [1.54, 1.807) is 0 Å². The highest BCUT2D eigenvalue weighted by atomic mass is 32.2. The topological polar surface area (TPSA) is 77.8 Å². The Bertz CT molecular complexity index is 508. The van der Waals surface area contributed by atoms with Crippen LogP contribution in [0.3, 0.4) is 0 Å². The first-order valence-corrected chi connectivity index (χ1v) is 6.26. The van der Waals surface area contributed by atoms with E-state index in [1.165, 1.54) is 17.8 Å². The number of carboxylic acids is 1. The van der Waals surface area contributed by atoms with Crippen molar-refractivity contribution in [1.29, 1.82) is 0 Å². The SMILES string of the molecule is O=C(O)C1CSCN1C(=O)c1ccc(O)cc1F. The highest BCUT2D eigenvalue weighted by molar-refractivity contribution is 7.99. The van der Waals surface area contributed by atoms with Gasteiger partial charge in [-0.1, -0.05) is 0 Å². The number of phenols is 1. The summed E-state index contributed by atoms with van der Waals surface area (Å²) in [5.74, 6) is -2.41. The number of carbonyl (C=O) groups is 2. The van der Waals surface area contributed by atoms with Crippen LogP contribution >= 0.6 is 11.8 Å². The van der Waals surface area contributed by atoms with Crippen LogP contribution in [0.2, 0.25) is 0 Å². The van der Waals surface area contributed by atoms with Crippen molar-refractivity contribution in [3.8, 4) is 5.75 Å². The average Bonchev–Trinajstić information content (AvgIpc) is 2.77. The lowest BCUT2D eigenvalue weighted by molar-refractivity contribution is -0.140. The Labute approximate surface area is 106 Å². The van der Waals surface area contributed by atoms with E-state index in [2.05, 4.69) is 0 Å². The lowest BCUT2D eigenvalue weighted by atomic mass is 10.1. The van der Waals surface area contributed by atoms with Crippen LogP contribution in [-0.2, 0) is 4.79 Å². The van der Waals surface area contributed by atoms with Gasteiger partial charge in [0.05, 0.1) is 11.4 Å². The van der Waals surface area contributed by atoms with Crippen LogP contribution < -0.4 is 0 Å². The summed E-state index contributed by atoms with van der Waals surface area (Å²) in [5, 5.41) is 18.0. The van der Waals surface area contributed by atoms with Crippen LogP contribution in [0.4, 0.5) is 4.39 Å². The van der Waals surface area contributed by atoms with Gasteiger partial charge in [0.15, 0.2) is 0 Å². The summed E-state index contributed by atoms with van der Waals surface area (Å²) in [6, 6.07) is 2.23. The number of nitrogens with zero attached hydrogens (tertiary/aromatic N) is 1. The molecular formula is C11H10FNO4S. The number of aliphatic carboxylic acids is 1. The molecule has 0 radical (unpaired) electrons. The van der Waals surface area contributed by atoms with E-state index in [4.69, 9.17) is 10.2 Å². The minimum absolute atomic E-state index is 0.218. The van der Waals surface area contributed by atoms with Gasteiger partial charge in [0.2, 0.25) is 0 Å². The number of aromatic hydroxyl groups is 1. The molecular weight excluding hydrogens is 261 g/mol. The van der Waals surface area contributed by atoms with Gasteiger partial charge < -0.3 is 15.1 Å². The number of carboxylic acid groups (broad SMARTS) is 1. The monoisotopic (exact) mass is 271 g/mol. The Kier molecular flexibility index (Phi) is 3.42. The van der Waals surface area contributed by atoms with Crippen LogP contribution in [0.1, 0.15) is 10.4 Å². The molecule has 1 fully saturated rings.